The Balaban J connectivity index is 3.91. The fraction of sp³-hybridized carbons (Fsp3) is 0.769. The summed E-state index contributed by atoms with van der Waals surface area (Å²) in [6.07, 6.45) is 3.47. The summed E-state index contributed by atoms with van der Waals surface area (Å²) in [4.78, 5) is 11.5. The number of hydrogen-bond acceptors (Lipinski definition) is 2. The summed E-state index contributed by atoms with van der Waals surface area (Å²) < 4.78 is 5.18. The van der Waals surface area contributed by atoms with E-state index in [1.807, 2.05) is 33.8 Å². The largest absolute Gasteiger partial charge is 0.444 e. The summed E-state index contributed by atoms with van der Waals surface area (Å²) in [6, 6.07) is 0.129. The molecule has 0 aromatic rings. The van der Waals surface area contributed by atoms with Crippen molar-refractivity contribution in [2.75, 3.05) is 0 Å². The van der Waals surface area contributed by atoms with E-state index in [4.69, 9.17) is 4.74 Å². The van der Waals surface area contributed by atoms with E-state index in [2.05, 4.69) is 18.8 Å². The van der Waals surface area contributed by atoms with Crippen molar-refractivity contribution in [3.05, 3.63) is 12.7 Å². The van der Waals surface area contributed by atoms with Crippen LogP contribution in [0.25, 0.3) is 0 Å². The van der Waals surface area contributed by atoms with Gasteiger partial charge in [-0.1, -0.05) is 13.0 Å². The molecule has 0 unspecified atom stereocenters. The third kappa shape index (κ3) is 8.33. The lowest BCUT2D eigenvalue weighted by atomic mass is 10.00. The normalized spacial score (nSPS) is 15.1. The van der Waals surface area contributed by atoms with Gasteiger partial charge in [0.05, 0.1) is 0 Å². The number of amides is 1. The van der Waals surface area contributed by atoms with Gasteiger partial charge in [0.15, 0.2) is 0 Å². The first-order chi connectivity index (χ1) is 7.24. The van der Waals surface area contributed by atoms with Crippen LogP contribution in [0.2, 0.25) is 0 Å². The third-order valence-electron chi connectivity index (χ3n) is 2.09. The van der Waals surface area contributed by atoms with E-state index in [-0.39, 0.29) is 12.1 Å². The zero-order valence-electron chi connectivity index (χ0n) is 11.2. The van der Waals surface area contributed by atoms with Crippen LogP contribution in [0, 0.1) is 5.92 Å². The molecule has 0 aromatic carbocycles. The van der Waals surface area contributed by atoms with Gasteiger partial charge in [0.1, 0.15) is 5.60 Å². The molecule has 0 rings (SSSR count). The minimum absolute atomic E-state index is 0.129. The van der Waals surface area contributed by atoms with Crippen LogP contribution in [-0.2, 0) is 4.74 Å². The van der Waals surface area contributed by atoms with Crippen LogP contribution in [0.1, 0.15) is 47.5 Å². The molecule has 0 aliphatic carbocycles. The number of ether oxygens (including phenoxy) is 1. The highest BCUT2D eigenvalue weighted by Crippen LogP contribution is 2.12. The minimum atomic E-state index is -0.434. The molecule has 16 heavy (non-hydrogen) atoms. The van der Waals surface area contributed by atoms with Crippen molar-refractivity contribution in [2.24, 2.45) is 5.92 Å². The average Bonchev–Trinajstić information content (AvgIpc) is 1.98. The van der Waals surface area contributed by atoms with Crippen molar-refractivity contribution in [1.82, 2.24) is 5.32 Å². The van der Waals surface area contributed by atoms with Crippen LogP contribution in [0.15, 0.2) is 12.7 Å². The monoisotopic (exact) mass is 227 g/mol. The van der Waals surface area contributed by atoms with E-state index in [0.29, 0.717) is 5.92 Å². The van der Waals surface area contributed by atoms with Crippen LogP contribution in [-0.4, -0.2) is 17.7 Å². The highest BCUT2D eigenvalue weighted by atomic mass is 16.6. The number of allylic oxidation sites excluding steroid dienone is 1. The van der Waals surface area contributed by atoms with Crippen molar-refractivity contribution >= 4 is 6.09 Å². The summed E-state index contributed by atoms with van der Waals surface area (Å²) >= 11 is 0. The first kappa shape index (κ1) is 15.0. The highest BCUT2D eigenvalue weighted by molar-refractivity contribution is 5.67. The summed E-state index contributed by atoms with van der Waals surface area (Å²) in [7, 11) is 0. The maximum atomic E-state index is 11.5. The molecule has 0 aliphatic heterocycles. The lowest BCUT2D eigenvalue weighted by Gasteiger charge is -2.23. The Hall–Kier alpha value is -0.990. The Kier molecular flexibility index (Phi) is 6.16. The summed E-state index contributed by atoms with van der Waals surface area (Å²) in [6.45, 7) is 13.4. The standard InChI is InChI=1S/C13H25NO2/c1-7-8-10(2)9-11(3)14-12(15)16-13(4,5)6/h7,10-11H,1,8-9H2,2-6H3,(H,14,15)/t10-,11-/m0/s1. The number of carbonyl (C=O) groups is 1. The highest BCUT2D eigenvalue weighted by Gasteiger charge is 2.18. The summed E-state index contributed by atoms with van der Waals surface area (Å²) in [5, 5.41) is 2.83. The van der Waals surface area contributed by atoms with Crippen LogP contribution in [0.5, 0.6) is 0 Å². The lowest BCUT2D eigenvalue weighted by molar-refractivity contribution is 0.0503. The topological polar surface area (TPSA) is 38.3 Å². The van der Waals surface area contributed by atoms with Crippen LogP contribution in [0.4, 0.5) is 4.79 Å². The Bertz CT molecular complexity index is 231. The molecule has 0 saturated carbocycles. The summed E-state index contributed by atoms with van der Waals surface area (Å²) in [5.41, 5.74) is -0.434. The molecule has 0 radical (unpaired) electrons. The number of nitrogens with one attached hydrogen (secondary N) is 1. The van der Waals surface area contributed by atoms with Gasteiger partial charge in [-0.05, 0) is 46.5 Å². The van der Waals surface area contributed by atoms with Gasteiger partial charge in [-0.3, -0.25) is 0 Å². The molecule has 0 fully saturated rings. The number of rotatable bonds is 5. The predicted molar refractivity (Wildman–Crippen MR) is 67.4 cm³/mol. The molecule has 1 N–H and O–H groups in total. The van der Waals surface area contributed by atoms with Crippen molar-refractivity contribution < 1.29 is 9.53 Å². The molecule has 3 nitrogen and oxygen atoms in total. The minimum Gasteiger partial charge on any atom is -0.444 e. The van der Waals surface area contributed by atoms with E-state index in [9.17, 15) is 4.79 Å². The number of hydrogen-bond donors (Lipinski definition) is 1. The van der Waals surface area contributed by atoms with Crippen LogP contribution >= 0.6 is 0 Å². The average molecular weight is 227 g/mol. The third-order valence-corrected chi connectivity index (χ3v) is 2.09. The molecule has 0 saturated heterocycles. The molecule has 0 aliphatic rings. The first-order valence-corrected chi connectivity index (χ1v) is 5.85. The van der Waals surface area contributed by atoms with Gasteiger partial charge in [-0.25, -0.2) is 4.79 Å². The quantitative estimate of drug-likeness (QED) is 0.730. The number of carbonyl (C=O) groups excluding carboxylic acids is 1. The van der Waals surface area contributed by atoms with Crippen molar-refractivity contribution in [3.63, 3.8) is 0 Å². The molecule has 3 heteroatoms. The van der Waals surface area contributed by atoms with Gasteiger partial charge in [0.2, 0.25) is 0 Å². The molecule has 94 valence electrons. The second kappa shape index (κ2) is 6.56. The molecular weight excluding hydrogens is 202 g/mol. The maximum Gasteiger partial charge on any atom is 0.407 e. The SMILES string of the molecule is C=CC[C@H](C)C[C@H](C)NC(=O)OC(C)(C)C. The van der Waals surface area contributed by atoms with Crippen LogP contribution in [0.3, 0.4) is 0 Å². The Morgan fingerprint density at radius 3 is 2.44 bits per heavy atom. The van der Waals surface area contributed by atoms with E-state index in [1.54, 1.807) is 0 Å². The summed E-state index contributed by atoms with van der Waals surface area (Å²) in [5.74, 6) is 0.530. The zero-order chi connectivity index (χ0) is 12.8. The second-order valence-corrected chi connectivity index (χ2v) is 5.41. The lowest BCUT2D eigenvalue weighted by Crippen LogP contribution is -2.38. The molecule has 0 aromatic heterocycles. The Labute approximate surface area is 99.3 Å². The predicted octanol–water partition coefficient (Wildman–Crippen LogP) is 3.50. The first-order valence-electron chi connectivity index (χ1n) is 5.85. The van der Waals surface area contributed by atoms with E-state index >= 15 is 0 Å². The molecule has 1 amide bonds. The van der Waals surface area contributed by atoms with Crippen molar-refractivity contribution in [3.8, 4) is 0 Å². The smallest absolute Gasteiger partial charge is 0.407 e. The molecule has 0 spiro atoms. The molecule has 0 bridgehead atoms. The maximum absolute atomic E-state index is 11.5. The van der Waals surface area contributed by atoms with Crippen molar-refractivity contribution in [2.45, 2.75) is 59.1 Å². The Morgan fingerprint density at radius 1 is 1.44 bits per heavy atom. The number of alkyl carbamates (subject to hydrolysis) is 1. The van der Waals surface area contributed by atoms with Gasteiger partial charge < -0.3 is 10.1 Å². The van der Waals surface area contributed by atoms with E-state index < -0.39 is 5.60 Å². The fourth-order valence-corrected chi connectivity index (χ4v) is 1.55. The Morgan fingerprint density at radius 2 is 2.00 bits per heavy atom. The second-order valence-electron chi connectivity index (χ2n) is 5.41. The van der Waals surface area contributed by atoms with Crippen LogP contribution < -0.4 is 5.32 Å². The fourth-order valence-electron chi connectivity index (χ4n) is 1.55. The zero-order valence-corrected chi connectivity index (χ0v) is 11.2. The molecule has 0 heterocycles. The van der Waals surface area contributed by atoms with Gasteiger partial charge in [-0.15, -0.1) is 6.58 Å². The van der Waals surface area contributed by atoms with Gasteiger partial charge >= 0.3 is 6.09 Å². The molecular formula is C13H25NO2. The van der Waals surface area contributed by atoms with Gasteiger partial charge in [-0.2, -0.15) is 0 Å². The van der Waals surface area contributed by atoms with Gasteiger partial charge in [0, 0.05) is 6.04 Å². The van der Waals surface area contributed by atoms with E-state index in [1.165, 1.54) is 0 Å². The van der Waals surface area contributed by atoms with E-state index in [0.717, 1.165) is 12.8 Å². The van der Waals surface area contributed by atoms with Gasteiger partial charge in [0.25, 0.3) is 0 Å². The van der Waals surface area contributed by atoms with Crippen molar-refractivity contribution in [1.29, 1.82) is 0 Å². The molecule has 2 atom stereocenters.